The van der Waals surface area contributed by atoms with Crippen molar-refractivity contribution in [3.8, 4) is 11.1 Å². The van der Waals surface area contributed by atoms with Crippen molar-refractivity contribution >= 4 is 0 Å². The third-order valence-electron chi connectivity index (χ3n) is 1.98. The second-order valence-electron chi connectivity index (χ2n) is 2.99. The predicted octanol–water partition coefficient (Wildman–Crippen LogP) is 2.79. The summed E-state index contributed by atoms with van der Waals surface area (Å²) in [5.74, 6) is 4.31. The zero-order valence-corrected chi connectivity index (χ0v) is 9.17. The molecule has 84 valence electrons. The van der Waals surface area contributed by atoms with Crippen molar-refractivity contribution in [2.45, 2.75) is 0 Å². The summed E-state index contributed by atoms with van der Waals surface area (Å²) < 4.78 is 0. The lowest BCUT2D eigenvalue weighted by molar-refractivity contribution is -0.277. The molecular formula is C13H15NO2. The molecule has 0 aliphatic carbocycles. The van der Waals surface area contributed by atoms with Crippen molar-refractivity contribution in [3.63, 3.8) is 0 Å². The normalized spacial score (nSPS) is 9.12. The van der Waals surface area contributed by atoms with Gasteiger partial charge in [-0.1, -0.05) is 60.7 Å². The first-order valence-electron chi connectivity index (χ1n) is 4.88. The van der Waals surface area contributed by atoms with Gasteiger partial charge in [-0.2, -0.15) is 5.90 Å². The van der Waals surface area contributed by atoms with Crippen molar-refractivity contribution in [1.82, 2.24) is 0 Å². The number of hydrogen-bond donors (Lipinski definition) is 1. The standard InChI is InChI=1S/C12H10.CH5NO2/c1-3-7-11(8-4-1)12-9-5-2-6-10-12;1-3-4-2/h1-10H;2H2,1H3. The maximum Gasteiger partial charge on any atom is 0.0732 e. The third kappa shape index (κ3) is 4.23. The van der Waals surface area contributed by atoms with Gasteiger partial charge in [0.2, 0.25) is 0 Å². The molecule has 3 nitrogen and oxygen atoms in total. The van der Waals surface area contributed by atoms with Gasteiger partial charge in [0.05, 0.1) is 7.11 Å². The van der Waals surface area contributed by atoms with Gasteiger partial charge < -0.3 is 0 Å². The van der Waals surface area contributed by atoms with Crippen LogP contribution in [0.3, 0.4) is 0 Å². The van der Waals surface area contributed by atoms with Crippen LogP contribution in [-0.4, -0.2) is 7.11 Å². The Morgan fingerprint density at radius 3 is 1.31 bits per heavy atom. The molecule has 2 N–H and O–H groups in total. The molecule has 0 aliphatic heterocycles. The average Bonchev–Trinajstić information content (AvgIpc) is 2.41. The Labute approximate surface area is 95.3 Å². The molecule has 0 unspecified atom stereocenters. The predicted molar refractivity (Wildman–Crippen MR) is 64.2 cm³/mol. The Hall–Kier alpha value is -1.68. The van der Waals surface area contributed by atoms with E-state index >= 15 is 0 Å². The van der Waals surface area contributed by atoms with E-state index in [0.29, 0.717) is 0 Å². The number of nitrogens with two attached hydrogens (primary N) is 1. The van der Waals surface area contributed by atoms with Crippen LogP contribution in [0.5, 0.6) is 0 Å². The molecule has 0 aliphatic rings. The monoisotopic (exact) mass is 217 g/mol. The van der Waals surface area contributed by atoms with Crippen LogP contribution in [0, 0.1) is 0 Å². The molecule has 0 atom stereocenters. The lowest BCUT2D eigenvalue weighted by Crippen LogP contribution is -1.93. The highest BCUT2D eigenvalue weighted by Crippen LogP contribution is 2.17. The first kappa shape index (κ1) is 12.4. The molecule has 0 saturated carbocycles. The molecular weight excluding hydrogens is 202 g/mol. The molecule has 0 spiro atoms. The number of rotatable bonds is 2. The van der Waals surface area contributed by atoms with Gasteiger partial charge in [-0.05, 0) is 11.1 Å². The summed E-state index contributed by atoms with van der Waals surface area (Å²) >= 11 is 0. The lowest BCUT2D eigenvalue weighted by atomic mass is 10.1. The maximum absolute atomic E-state index is 4.31. The lowest BCUT2D eigenvalue weighted by Gasteiger charge is -1.98. The summed E-state index contributed by atoms with van der Waals surface area (Å²) in [5, 5.41) is 0. The summed E-state index contributed by atoms with van der Waals surface area (Å²) in [6.45, 7) is 0. The van der Waals surface area contributed by atoms with Gasteiger partial charge in [0.25, 0.3) is 0 Å². The Kier molecular flexibility index (Phi) is 5.88. The SMILES string of the molecule is COON.c1ccc(-c2ccccc2)cc1. The van der Waals surface area contributed by atoms with Crippen LogP contribution in [0.2, 0.25) is 0 Å². The number of hydrogen-bond acceptors (Lipinski definition) is 3. The molecule has 0 aromatic heterocycles. The minimum atomic E-state index is 1.28. The van der Waals surface area contributed by atoms with Gasteiger partial charge in [0, 0.05) is 0 Å². The molecule has 0 heterocycles. The van der Waals surface area contributed by atoms with Crippen LogP contribution in [-0.2, 0) is 9.88 Å². The second-order valence-corrected chi connectivity index (χ2v) is 2.99. The molecule has 2 aromatic rings. The Balaban J connectivity index is 0.000000280. The highest BCUT2D eigenvalue weighted by atomic mass is 17.3. The zero-order chi connectivity index (χ0) is 11.6. The summed E-state index contributed by atoms with van der Waals surface area (Å²) in [5.41, 5.74) is 2.55. The first-order chi connectivity index (χ1) is 7.88. The van der Waals surface area contributed by atoms with Gasteiger partial charge in [-0.25, -0.2) is 4.89 Å². The topological polar surface area (TPSA) is 44.5 Å². The Morgan fingerprint density at radius 2 is 1.06 bits per heavy atom. The third-order valence-corrected chi connectivity index (χ3v) is 1.98. The van der Waals surface area contributed by atoms with Crippen molar-refractivity contribution in [2.75, 3.05) is 7.11 Å². The van der Waals surface area contributed by atoms with Crippen LogP contribution < -0.4 is 5.90 Å². The van der Waals surface area contributed by atoms with Crippen LogP contribution in [0.25, 0.3) is 11.1 Å². The van der Waals surface area contributed by atoms with Gasteiger partial charge in [-0.3, -0.25) is 0 Å². The van der Waals surface area contributed by atoms with Crippen molar-refractivity contribution in [2.24, 2.45) is 5.90 Å². The van der Waals surface area contributed by atoms with E-state index in [1.165, 1.54) is 18.2 Å². The van der Waals surface area contributed by atoms with E-state index in [9.17, 15) is 0 Å². The molecule has 0 saturated heterocycles. The fraction of sp³-hybridized carbons (Fsp3) is 0.0769. The quantitative estimate of drug-likeness (QED) is 0.621. The highest BCUT2D eigenvalue weighted by molar-refractivity contribution is 5.62. The Bertz CT molecular complexity index is 336. The fourth-order valence-electron chi connectivity index (χ4n) is 1.26. The Morgan fingerprint density at radius 1 is 0.750 bits per heavy atom. The minimum absolute atomic E-state index is 1.28. The molecule has 0 bridgehead atoms. The van der Waals surface area contributed by atoms with E-state index in [1.807, 2.05) is 12.1 Å². The summed E-state index contributed by atoms with van der Waals surface area (Å²) in [7, 11) is 1.33. The summed E-state index contributed by atoms with van der Waals surface area (Å²) in [6, 6.07) is 20.8. The molecule has 0 radical (unpaired) electrons. The van der Waals surface area contributed by atoms with Crippen molar-refractivity contribution in [3.05, 3.63) is 60.7 Å². The second kappa shape index (κ2) is 7.59. The molecule has 2 rings (SSSR count). The van der Waals surface area contributed by atoms with Gasteiger partial charge >= 0.3 is 0 Å². The summed E-state index contributed by atoms with van der Waals surface area (Å²) in [6.07, 6.45) is 0. The van der Waals surface area contributed by atoms with E-state index in [4.69, 9.17) is 0 Å². The van der Waals surface area contributed by atoms with Crippen LogP contribution in [0.1, 0.15) is 0 Å². The first-order valence-corrected chi connectivity index (χ1v) is 4.88. The molecule has 16 heavy (non-hydrogen) atoms. The van der Waals surface area contributed by atoms with Crippen LogP contribution >= 0.6 is 0 Å². The number of benzene rings is 2. The van der Waals surface area contributed by atoms with E-state index in [-0.39, 0.29) is 0 Å². The average molecular weight is 217 g/mol. The van der Waals surface area contributed by atoms with E-state index in [2.05, 4.69) is 64.3 Å². The smallest absolute Gasteiger partial charge is 0.0732 e. The van der Waals surface area contributed by atoms with Crippen LogP contribution in [0.4, 0.5) is 0 Å². The van der Waals surface area contributed by atoms with Gasteiger partial charge in [0.15, 0.2) is 0 Å². The molecule has 0 fully saturated rings. The zero-order valence-electron chi connectivity index (χ0n) is 9.17. The summed E-state index contributed by atoms with van der Waals surface area (Å²) in [4.78, 5) is 7.36. The van der Waals surface area contributed by atoms with E-state index in [1.54, 1.807) is 0 Å². The van der Waals surface area contributed by atoms with Crippen molar-refractivity contribution < 1.29 is 9.88 Å². The van der Waals surface area contributed by atoms with Gasteiger partial charge in [-0.15, -0.1) is 4.99 Å². The molecule has 2 aromatic carbocycles. The van der Waals surface area contributed by atoms with Gasteiger partial charge in [0.1, 0.15) is 0 Å². The largest absolute Gasteiger partial charge is 0.222 e. The highest BCUT2D eigenvalue weighted by Gasteiger charge is 1.91. The van der Waals surface area contributed by atoms with Crippen LogP contribution in [0.15, 0.2) is 60.7 Å². The fourth-order valence-corrected chi connectivity index (χ4v) is 1.26. The minimum Gasteiger partial charge on any atom is -0.222 e. The van der Waals surface area contributed by atoms with E-state index < -0.39 is 0 Å². The molecule has 0 amide bonds. The van der Waals surface area contributed by atoms with Crippen molar-refractivity contribution in [1.29, 1.82) is 0 Å². The molecule has 3 heteroatoms. The van der Waals surface area contributed by atoms with E-state index in [0.717, 1.165) is 0 Å². The maximum atomic E-state index is 4.31.